The fraction of sp³-hybridized carbons (Fsp3) is 0.786. The second kappa shape index (κ2) is 6.89. The minimum absolute atomic E-state index is 0.573. The van der Waals surface area contributed by atoms with Gasteiger partial charge in [0.05, 0.1) is 34.6 Å². The number of hydrogen-bond acceptors (Lipinski definition) is 8. The van der Waals surface area contributed by atoms with Gasteiger partial charge in [0.2, 0.25) is 11.8 Å². The van der Waals surface area contributed by atoms with Gasteiger partial charge in [-0.15, -0.1) is 0 Å². The second-order valence-corrected chi connectivity index (χ2v) is 10.2. The molecule has 1 aliphatic rings. The van der Waals surface area contributed by atoms with Crippen LogP contribution in [0.25, 0.3) is 1.43 Å². The van der Waals surface area contributed by atoms with Crippen LogP contribution < -0.4 is 16.4 Å². The first-order valence-corrected chi connectivity index (χ1v) is 9.09. The maximum absolute atomic E-state index is 12.4. The smallest absolute Gasteiger partial charge is 0.305 e. The highest BCUT2D eigenvalue weighted by atomic mass is 32.2. The quantitative estimate of drug-likeness (QED) is 0.328. The van der Waals surface area contributed by atoms with Gasteiger partial charge in [0.25, 0.3) is 1.43 Å². The van der Waals surface area contributed by atoms with Crippen molar-refractivity contribution in [1.82, 2.24) is 10.6 Å². The van der Waals surface area contributed by atoms with E-state index in [4.69, 9.17) is 7.16 Å². The molecule has 2 atom stereocenters. The number of nitrogens with two attached hydrogens (primary N) is 1. The number of sulfone groups is 1. The average Bonchev–Trinajstić information content (AvgIpc) is 2.55. The molecule has 0 aromatic rings. The van der Waals surface area contributed by atoms with Crippen LogP contribution in [0.15, 0.2) is 0 Å². The maximum Gasteiger partial charge on any atom is 0.305 e. The van der Waals surface area contributed by atoms with Crippen molar-refractivity contribution < 1.29 is 33.0 Å². The van der Waals surface area contributed by atoms with Crippen LogP contribution in [0, 0.1) is 0 Å². The lowest BCUT2D eigenvalue weighted by molar-refractivity contribution is -0.139. The van der Waals surface area contributed by atoms with Gasteiger partial charge in [0.15, 0.2) is 9.84 Å². The molecule has 11 heteroatoms. The van der Waals surface area contributed by atoms with Crippen LogP contribution in [0.3, 0.4) is 0 Å². The molecule has 0 spiro atoms. The number of aliphatic carboxylic acids is 1. The van der Waals surface area contributed by atoms with E-state index in [0.29, 0.717) is 0 Å². The second-order valence-electron chi connectivity index (χ2n) is 7.08. The summed E-state index contributed by atoms with van der Waals surface area (Å²) in [5, 5.41) is 17.7. The van der Waals surface area contributed by atoms with Gasteiger partial charge in [-0.3, -0.25) is 14.4 Å². The lowest BCUT2D eigenvalue weighted by Crippen LogP contribution is -2.78. The van der Waals surface area contributed by atoms with E-state index in [-0.39, 0.29) is 0 Å². The van der Waals surface area contributed by atoms with Crippen molar-refractivity contribution in [3.05, 3.63) is 0 Å². The Morgan fingerprint density at radius 1 is 1.20 bits per heavy atom. The number of aliphatic hydroxyl groups is 1. The van der Waals surface area contributed by atoms with Gasteiger partial charge < -0.3 is 26.6 Å². The maximum atomic E-state index is 12.4. The standard InChI is InChI=1S/C14H25N3O7S/c1-13(2)12(14(3,4)25(13,23)24)17-11(22)8(6-18)16-10(21)7(15)5-9(19)20/h7-8,12,18H,5-6,15H2,1-4H3,(H,16,21)(H,17,22)(H,19,20)/t7-,8-/m0/s1/i/hD. The average molecular weight is 380 g/mol. The lowest BCUT2D eigenvalue weighted by atomic mass is 9.89. The molecule has 2 amide bonds. The first-order chi connectivity index (χ1) is 11.7. The van der Waals surface area contributed by atoms with Gasteiger partial charge in [0, 0.05) is 0 Å². The topological polar surface area (TPSA) is 176 Å². The summed E-state index contributed by atoms with van der Waals surface area (Å²) in [6.07, 6.45) is -0.573. The number of carboxylic acid groups (broad SMARTS) is 1. The molecule has 10 nitrogen and oxygen atoms in total. The van der Waals surface area contributed by atoms with Gasteiger partial charge >= 0.3 is 5.97 Å². The summed E-state index contributed by atoms with van der Waals surface area (Å²) in [5.74, 6) is -2.71. The summed E-state index contributed by atoms with van der Waals surface area (Å²) in [6.45, 7) is 5.16. The Bertz CT molecular complexity index is 671. The van der Waals surface area contributed by atoms with E-state index in [1.807, 2.05) is 0 Å². The van der Waals surface area contributed by atoms with Crippen molar-refractivity contribution in [3.8, 4) is 0 Å². The number of carboxylic acids is 1. The van der Waals surface area contributed by atoms with Crippen molar-refractivity contribution in [2.24, 2.45) is 5.73 Å². The molecule has 0 unspecified atom stereocenters. The highest BCUT2D eigenvalue weighted by Gasteiger charge is 2.67. The van der Waals surface area contributed by atoms with Crippen LogP contribution in [0.4, 0.5) is 0 Å². The Balaban J connectivity index is 2.79. The Kier molecular flexibility index (Phi) is 5.40. The zero-order valence-corrected chi connectivity index (χ0v) is 15.3. The van der Waals surface area contributed by atoms with Crippen LogP contribution >= 0.6 is 0 Å². The number of carbonyl (C=O) groups excluding carboxylic acids is 2. The van der Waals surface area contributed by atoms with Crippen molar-refractivity contribution in [3.63, 3.8) is 0 Å². The van der Waals surface area contributed by atoms with E-state index < -0.39 is 68.3 Å². The van der Waals surface area contributed by atoms with Gasteiger partial charge in [-0.1, -0.05) is 0 Å². The third-order valence-corrected chi connectivity index (χ3v) is 7.84. The molecule has 0 aliphatic carbocycles. The predicted molar refractivity (Wildman–Crippen MR) is 88.3 cm³/mol. The van der Waals surface area contributed by atoms with Crippen LogP contribution in [-0.2, 0) is 24.2 Å². The molecule has 1 fully saturated rings. The third kappa shape index (κ3) is 3.62. The van der Waals surface area contributed by atoms with Crippen LogP contribution in [0.1, 0.15) is 34.1 Å². The summed E-state index contributed by atoms with van der Waals surface area (Å²) in [7, 11) is -3.47. The molecule has 1 heterocycles. The van der Waals surface area contributed by atoms with E-state index in [1.165, 1.54) is 27.7 Å². The largest absolute Gasteiger partial charge is 0.481 e. The van der Waals surface area contributed by atoms with Crippen molar-refractivity contribution >= 4 is 27.6 Å². The number of amides is 2. The highest BCUT2D eigenvalue weighted by Crippen LogP contribution is 2.48. The lowest BCUT2D eigenvalue weighted by Gasteiger charge is -2.56. The summed E-state index contributed by atoms with van der Waals surface area (Å²) >= 11 is 0. The molecule has 1 saturated heterocycles. The molecule has 0 aromatic heterocycles. The molecule has 6 N–H and O–H groups in total. The highest BCUT2D eigenvalue weighted by molar-refractivity contribution is 7.95. The van der Waals surface area contributed by atoms with Gasteiger partial charge in [0.1, 0.15) is 6.04 Å². The molecule has 0 aromatic carbocycles. The zero-order chi connectivity index (χ0) is 20.5. The summed E-state index contributed by atoms with van der Waals surface area (Å²) in [5.41, 5.74) is 5.47. The minimum Gasteiger partial charge on any atom is -0.481 e. The molecule has 144 valence electrons. The van der Waals surface area contributed by atoms with E-state index >= 15 is 0 Å². The van der Waals surface area contributed by atoms with Crippen LogP contribution in [0.2, 0.25) is 0 Å². The number of carbonyl (C=O) groups is 3. The van der Waals surface area contributed by atoms with Crippen molar-refractivity contribution in [1.29, 1.82) is 1.43 Å². The number of hydrogen-bond donors (Lipinski definition) is 5. The normalized spacial score (nSPS) is 23.4. The summed E-state index contributed by atoms with van der Waals surface area (Å²) in [6, 6.07) is -3.48. The molecular formula is C14H25N3O7S. The Labute approximate surface area is 147 Å². The van der Waals surface area contributed by atoms with E-state index in [1.54, 1.807) is 0 Å². The molecule has 0 bridgehead atoms. The van der Waals surface area contributed by atoms with E-state index in [2.05, 4.69) is 15.7 Å². The van der Waals surface area contributed by atoms with E-state index in [0.717, 1.165) is 0 Å². The van der Waals surface area contributed by atoms with Crippen molar-refractivity contribution in [2.75, 3.05) is 6.61 Å². The van der Waals surface area contributed by atoms with Gasteiger partial charge in [-0.25, -0.2) is 8.42 Å². The summed E-state index contributed by atoms with van der Waals surface area (Å²) < 4.78 is 28.6. The monoisotopic (exact) mass is 380 g/mol. The first-order valence-electron chi connectivity index (χ1n) is 8.02. The minimum atomic E-state index is -3.47. The first kappa shape index (κ1) is 19.6. The Morgan fingerprint density at radius 3 is 2.16 bits per heavy atom. The fourth-order valence-corrected chi connectivity index (χ4v) is 5.60. The Morgan fingerprint density at radius 2 is 1.72 bits per heavy atom. The number of rotatable bonds is 7. The third-order valence-electron chi connectivity index (χ3n) is 4.60. The molecule has 0 radical (unpaired) electrons. The molecule has 25 heavy (non-hydrogen) atoms. The molecule has 1 rings (SSSR count). The number of nitrogens with one attached hydrogen (secondary N) is 2. The van der Waals surface area contributed by atoms with Crippen LogP contribution in [0.5, 0.6) is 0 Å². The predicted octanol–water partition coefficient (Wildman–Crippen LogP) is -2.26. The zero-order valence-electron chi connectivity index (χ0n) is 15.5. The fourth-order valence-electron chi connectivity index (χ4n) is 3.10. The summed E-state index contributed by atoms with van der Waals surface area (Å²) in [4.78, 5) is 35.2. The van der Waals surface area contributed by atoms with Gasteiger partial charge in [-0.05, 0) is 27.7 Å². The van der Waals surface area contributed by atoms with Crippen molar-refractivity contribution in [2.45, 2.75) is 61.7 Å². The Hall–Kier alpha value is -1.72. The van der Waals surface area contributed by atoms with Gasteiger partial charge in [-0.2, -0.15) is 0 Å². The number of aliphatic hydroxyl groups excluding tert-OH is 1. The SMILES string of the molecule is [2H]OC(=O)C[C@H](N)C(=O)N[C@@H](CO)C(=O)NC1C(C)(C)S(=O)(=O)C1(C)C. The molecule has 0 saturated carbocycles. The molecular weight excluding hydrogens is 354 g/mol. The van der Waals surface area contributed by atoms with E-state index in [9.17, 15) is 27.9 Å². The molecule has 1 aliphatic heterocycles. The van der Waals surface area contributed by atoms with Crippen LogP contribution in [-0.4, -0.2) is 70.6 Å².